The number of hydrogen-bond donors (Lipinski definition) is 1. The predicted molar refractivity (Wildman–Crippen MR) is 90.3 cm³/mol. The van der Waals surface area contributed by atoms with Crippen LogP contribution in [0.4, 0.5) is 13.2 Å². The summed E-state index contributed by atoms with van der Waals surface area (Å²) < 4.78 is 45.9. The van der Waals surface area contributed by atoms with E-state index in [2.05, 4.69) is 5.32 Å². The van der Waals surface area contributed by atoms with Crippen LogP contribution in [-0.2, 0) is 0 Å². The zero-order chi connectivity index (χ0) is 15.4. The van der Waals surface area contributed by atoms with Crippen LogP contribution in [0.2, 0.25) is 5.02 Å². The molecule has 1 atom stereocenters. The van der Waals surface area contributed by atoms with E-state index < -0.39 is 18.3 Å². The third kappa shape index (κ3) is 5.57. The van der Waals surface area contributed by atoms with Gasteiger partial charge in [0, 0.05) is 26.2 Å². The Balaban J connectivity index is 0.00000242. The van der Waals surface area contributed by atoms with Crippen molar-refractivity contribution in [1.82, 2.24) is 10.2 Å². The van der Waals surface area contributed by atoms with E-state index in [1.165, 1.54) is 6.07 Å². The highest BCUT2D eigenvalue weighted by molar-refractivity contribution is 6.32. The summed E-state index contributed by atoms with van der Waals surface area (Å²) in [6, 6.07) is 1.30. The molecule has 134 valence electrons. The Bertz CT molecular complexity index is 465. The Hall–Kier alpha value is -0.400. The van der Waals surface area contributed by atoms with Crippen molar-refractivity contribution >= 4 is 36.4 Å². The van der Waals surface area contributed by atoms with Crippen molar-refractivity contribution in [2.75, 3.05) is 32.8 Å². The Kier molecular flexibility index (Phi) is 10.3. The van der Waals surface area contributed by atoms with Gasteiger partial charge in [0.15, 0.2) is 11.6 Å². The Morgan fingerprint density at radius 1 is 1.26 bits per heavy atom. The van der Waals surface area contributed by atoms with Gasteiger partial charge in [-0.15, -0.1) is 24.8 Å². The molecule has 1 fully saturated rings. The van der Waals surface area contributed by atoms with Gasteiger partial charge in [0.1, 0.15) is 0 Å². The van der Waals surface area contributed by atoms with Gasteiger partial charge in [0.05, 0.1) is 17.7 Å². The first-order valence-corrected chi connectivity index (χ1v) is 7.27. The SMILES string of the molecule is CCOc1c(F)cc([C@@H](C(F)F)N2CCNCC2)cc1Cl.Cl.Cl. The highest BCUT2D eigenvalue weighted by Gasteiger charge is 2.31. The van der Waals surface area contributed by atoms with E-state index in [0.29, 0.717) is 26.2 Å². The average molecular weight is 396 g/mol. The highest BCUT2D eigenvalue weighted by atomic mass is 35.5. The maximum atomic E-state index is 14.0. The minimum atomic E-state index is -2.61. The van der Waals surface area contributed by atoms with E-state index in [-0.39, 0.29) is 47.8 Å². The molecule has 0 saturated carbocycles. The number of hydrogen-bond acceptors (Lipinski definition) is 3. The van der Waals surface area contributed by atoms with Crippen LogP contribution in [0.3, 0.4) is 0 Å². The lowest BCUT2D eigenvalue weighted by Gasteiger charge is -2.34. The van der Waals surface area contributed by atoms with Crippen LogP contribution in [0.15, 0.2) is 12.1 Å². The number of rotatable bonds is 5. The molecule has 0 amide bonds. The van der Waals surface area contributed by atoms with Gasteiger partial charge in [-0.1, -0.05) is 11.6 Å². The molecule has 1 saturated heterocycles. The average Bonchev–Trinajstić information content (AvgIpc) is 2.44. The molecule has 23 heavy (non-hydrogen) atoms. The summed E-state index contributed by atoms with van der Waals surface area (Å²) in [5.74, 6) is -0.795. The Morgan fingerprint density at radius 2 is 1.87 bits per heavy atom. The summed E-state index contributed by atoms with van der Waals surface area (Å²) in [6.07, 6.45) is -2.61. The number of piperazine rings is 1. The first kappa shape index (κ1) is 22.6. The number of ether oxygens (including phenoxy) is 1. The maximum absolute atomic E-state index is 14.0. The zero-order valence-corrected chi connectivity index (χ0v) is 14.9. The van der Waals surface area contributed by atoms with Gasteiger partial charge in [0.2, 0.25) is 0 Å². The second kappa shape index (κ2) is 10.5. The van der Waals surface area contributed by atoms with Crippen molar-refractivity contribution in [3.63, 3.8) is 0 Å². The maximum Gasteiger partial charge on any atom is 0.258 e. The molecule has 1 aliphatic heterocycles. The first-order chi connectivity index (χ1) is 10.0. The van der Waals surface area contributed by atoms with Gasteiger partial charge in [-0.2, -0.15) is 0 Å². The number of nitrogens with zero attached hydrogens (tertiary/aromatic N) is 1. The lowest BCUT2D eigenvalue weighted by atomic mass is 10.0. The number of benzene rings is 1. The quantitative estimate of drug-likeness (QED) is 0.817. The molecule has 3 nitrogen and oxygen atoms in total. The molecule has 0 spiro atoms. The fraction of sp³-hybridized carbons (Fsp3) is 0.571. The van der Waals surface area contributed by atoms with Crippen LogP contribution in [0, 0.1) is 5.82 Å². The van der Waals surface area contributed by atoms with E-state index >= 15 is 0 Å². The monoisotopic (exact) mass is 394 g/mol. The normalized spacial score (nSPS) is 16.4. The molecular weight excluding hydrogens is 376 g/mol. The lowest BCUT2D eigenvalue weighted by Crippen LogP contribution is -2.46. The van der Waals surface area contributed by atoms with Crippen LogP contribution in [0.1, 0.15) is 18.5 Å². The molecule has 1 heterocycles. The van der Waals surface area contributed by atoms with Crippen molar-refractivity contribution in [3.8, 4) is 5.75 Å². The standard InChI is InChI=1S/C14H18ClF3N2O.2ClH/c1-2-21-13-10(15)7-9(8-11(13)16)12(14(17)18)20-5-3-19-4-6-20;;/h7-8,12,14,19H,2-6H2,1H3;2*1H/t12-;;/m0../s1. The van der Waals surface area contributed by atoms with Gasteiger partial charge in [-0.3, -0.25) is 4.90 Å². The summed E-state index contributed by atoms with van der Waals surface area (Å²) in [4.78, 5) is 1.65. The summed E-state index contributed by atoms with van der Waals surface area (Å²) in [7, 11) is 0. The van der Waals surface area contributed by atoms with E-state index in [1.807, 2.05) is 0 Å². The molecule has 1 aromatic carbocycles. The molecule has 0 bridgehead atoms. The Labute approximate surface area is 151 Å². The van der Waals surface area contributed by atoms with E-state index in [4.69, 9.17) is 16.3 Å². The predicted octanol–water partition coefficient (Wildman–Crippen LogP) is 3.93. The summed E-state index contributed by atoms with van der Waals surface area (Å²) in [5, 5.41) is 3.12. The summed E-state index contributed by atoms with van der Waals surface area (Å²) in [6.45, 7) is 4.20. The van der Waals surface area contributed by atoms with Gasteiger partial charge >= 0.3 is 0 Å². The fourth-order valence-corrected chi connectivity index (χ4v) is 2.78. The van der Waals surface area contributed by atoms with E-state index in [9.17, 15) is 13.2 Å². The fourth-order valence-electron chi connectivity index (χ4n) is 2.51. The van der Waals surface area contributed by atoms with Crippen LogP contribution in [-0.4, -0.2) is 44.1 Å². The smallest absolute Gasteiger partial charge is 0.258 e. The zero-order valence-electron chi connectivity index (χ0n) is 12.5. The second-order valence-electron chi connectivity index (χ2n) is 4.81. The van der Waals surface area contributed by atoms with Crippen molar-refractivity contribution in [2.24, 2.45) is 0 Å². The summed E-state index contributed by atoms with van der Waals surface area (Å²) in [5.41, 5.74) is 0.179. The lowest BCUT2D eigenvalue weighted by molar-refractivity contribution is 0.0180. The van der Waals surface area contributed by atoms with Gasteiger partial charge in [-0.05, 0) is 24.6 Å². The van der Waals surface area contributed by atoms with Gasteiger partial charge in [-0.25, -0.2) is 13.2 Å². The molecule has 0 aliphatic carbocycles. The molecule has 0 radical (unpaired) electrons. The van der Waals surface area contributed by atoms with Crippen molar-refractivity contribution in [2.45, 2.75) is 19.4 Å². The Morgan fingerprint density at radius 3 is 2.35 bits per heavy atom. The van der Waals surface area contributed by atoms with Crippen LogP contribution in [0.5, 0.6) is 5.75 Å². The van der Waals surface area contributed by atoms with Crippen LogP contribution in [0.25, 0.3) is 0 Å². The number of nitrogens with one attached hydrogen (secondary N) is 1. The molecule has 1 aromatic rings. The minimum absolute atomic E-state index is 0. The number of alkyl halides is 2. The molecule has 2 rings (SSSR count). The van der Waals surface area contributed by atoms with Crippen molar-refractivity contribution in [3.05, 3.63) is 28.5 Å². The topological polar surface area (TPSA) is 24.5 Å². The van der Waals surface area contributed by atoms with E-state index in [1.54, 1.807) is 11.8 Å². The van der Waals surface area contributed by atoms with Crippen LogP contribution < -0.4 is 10.1 Å². The van der Waals surface area contributed by atoms with Crippen LogP contribution >= 0.6 is 36.4 Å². The minimum Gasteiger partial charge on any atom is -0.489 e. The third-order valence-electron chi connectivity index (χ3n) is 3.43. The molecule has 1 N–H and O–H groups in total. The highest BCUT2D eigenvalue weighted by Crippen LogP contribution is 2.35. The second-order valence-corrected chi connectivity index (χ2v) is 5.22. The molecule has 1 aliphatic rings. The van der Waals surface area contributed by atoms with Gasteiger partial charge in [0.25, 0.3) is 6.43 Å². The number of halogens is 6. The molecule has 9 heteroatoms. The van der Waals surface area contributed by atoms with Crippen molar-refractivity contribution < 1.29 is 17.9 Å². The summed E-state index contributed by atoms with van der Waals surface area (Å²) >= 11 is 5.96. The van der Waals surface area contributed by atoms with E-state index in [0.717, 1.165) is 6.07 Å². The molecule has 0 aromatic heterocycles. The largest absolute Gasteiger partial charge is 0.489 e. The van der Waals surface area contributed by atoms with Gasteiger partial charge < -0.3 is 10.1 Å². The van der Waals surface area contributed by atoms with Crippen molar-refractivity contribution in [1.29, 1.82) is 0 Å². The third-order valence-corrected chi connectivity index (χ3v) is 3.72. The molecule has 0 unspecified atom stereocenters. The molecular formula is C14H20Cl3F3N2O. The first-order valence-electron chi connectivity index (χ1n) is 6.89.